The van der Waals surface area contributed by atoms with Crippen molar-refractivity contribution >= 4 is 53.2 Å². The van der Waals surface area contributed by atoms with Crippen LogP contribution in [0.3, 0.4) is 0 Å². The molecule has 0 saturated carbocycles. The lowest BCUT2D eigenvalue weighted by Gasteiger charge is -2.16. The van der Waals surface area contributed by atoms with Gasteiger partial charge in [-0.3, -0.25) is 5.32 Å². The van der Waals surface area contributed by atoms with Crippen LogP contribution in [0.15, 0.2) is 18.2 Å². The highest BCUT2D eigenvalue weighted by molar-refractivity contribution is 7.71. The van der Waals surface area contributed by atoms with Crippen LogP contribution in [0.25, 0.3) is 0 Å². The number of H-pyrrole nitrogens is 1. The number of aromatic nitrogens is 2. The Balaban J connectivity index is 1.94. The fourth-order valence-corrected chi connectivity index (χ4v) is 3.53. The molecule has 1 aliphatic rings. The lowest BCUT2D eigenvalue weighted by atomic mass is 10.2. The van der Waals surface area contributed by atoms with Crippen LogP contribution in [0.2, 0.25) is 10.0 Å². The maximum absolute atomic E-state index is 12.4. The van der Waals surface area contributed by atoms with Crippen LogP contribution < -0.4 is 5.32 Å². The number of nitrogens with zero attached hydrogens (tertiary/aromatic N) is 2. The maximum atomic E-state index is 12.4. The van der Waals surface area contributed by atoms with Crippen molar-refractivity contribution in [2.24, 2.45) is 0 Å². The Hall–Kier alpha value is -2.03. The summed E-state index contributed by atoms with van der Waals surface area (Å²) in [6.07, 6.45) is 1.93. The molecule has 1 aliphatic heterocycles. The first-order valence-corrected chi connectivity index (χ1v) is 9.48. The first kappa shape index (κ1) is 19.7. The molecule has 0 atom stereocenters. The predicted octanol–water partition coefficient (Wildman–Crippen LogP) is 4.32. The summed E-state index contributed by atoms with van der Waals surface area (Å²) in [5.74, 6) is -0.400. The van der Waals surface area contributed by atoms with E-state index in [2.05, 4.69) is 10.3 Å². The van der Waals surface area contributed by atoms with E-state index in [1.807, 2.05) is 0 Å². The Morgan fingerprint density at radius 3 is 2.59 bits per heavy atom. The molecule has 0 unspecified atom stereocenters. The van der Waals surface area contributed by atoms with E-state index in [0.717, 1.165) is 18.4 Å². The minimum Gasteiger partial charge on any atom is -0.464 e. The predicted molar refractivity (Wildman–Crippen MR) is 106 cm³/mol. The number of benzene rings is 1. The van der Waals surface area contributed by atoms with Crippen molar-refractivity contribution in [2.45, 2.75) is 19.4 Å². The molecule has 7 nitrogen and oxygen atoms in total. The zero-order chi connectivity index (χ0) is 19.6. The number of esters is 1. The van der Waals surface area contributed by atoms with Gasteiger partial charge in [-0.15, -0.1) is 0 Å². The fourth-order valence-electron chi connectivity index (χ4n) is 2.95. The Morgan fingerprint density at radius 2 is 1.96 bits per heavy atom. The number of nitrogens with one attached hydrogen (secondary N) is 2. The second-order valence-corrected chi connectivity index (χ2v) is 7.31. The lowest BCUT2D eigenvalue weighted by molar-refractivity contribution is 0.0590. The molecule has 2 N–H and O–H groups in total. The number of urea groups is 1. The number of rotatable bonds is 4. The quantitative estimate of drug-likeness (QED) is 0.561. The van der Waals surface area contributed by atoms with Crippen molar-refractivity contribution in [1.82, 2.24) is 14.5 Å². The molecule has 1 aromatic heterocycles. The van der Waals surface area contributed by atoms with E-state index < -0.39 is 5.97 Å². The molecule has 1 fully saturated rings. The van der Waals surface area contributed by atoms with Crippen LogP contribution in [0.5, 0.6) is 0 Å². The number of hydrogen-bond donors (Lipinski definition) is 2. The molecule has 0 radical (unpaired) electrons. The van der Waals surface area contributed by atoms with Crippen LogP contribution in [0.1, 0.15) is 28.9 Å². The van der Waals surface area contributed by atoms with Gasteiger partial charge < -0.3 is 19.2 Å². The number of amides is 2. The van der Waals surface area contributed by atoms with E-state index in [9.17, 15) is 9.59 Å². The first-order valence-electron chi connectivity index (χ1n) is 8.31. The molecule has 3 rings (SSSR count). The van der Waals surface area contributed by atoms with Gasteiger partial charge in [0.15, 0.2) is 10.5 Å². The summed E-state index contributed by atoms with van der Waals surface area (Å²) in [7, 11) is 1.27. The summed E-state index contributed by atoms with van der Waals surface area (Å²) in [6.45, 7) is 1.63. The molecule has 2 amide bonds. The average Bonchev–Trinajstić information content (AvgIpc) is 3.27. The van der Waals surface area contributed by atoms with E-state index in [1.165, 1.54) is 7.11 Å². The van der Waals surface area contributed by atoms with Crippen LogP contribution in [0.4, 0.5) is 10.6 Å². The van der Waals surface area contributed by atoms with E-state index in [4.69, 9.17) is 40.2 Å². The van der Waals surface area contributed by atoms with Crippen molar-refractivity contribution in [3.63, 3.8) is 0 Å². The number of methoxy groups -OCH3 is 1. The van der Waals surface area contributed by atoms with Crippen molar-refractivity contribution in [3.05, 3.63) is 44.3 Å². The smallest absolute Gasteiger partial charge is 0.358 e. The van der Waals surface area contributed by atoms with Crippen LogP contribution >= 0.6 is 35.4 Å². The fraction of sp³-hybridized carbons (Fsp3) is 0.353. The van der Waals surface area contributed by atoms with Gasteiger partial charge in [0.2, 0.25) is 0 Å². The van der Waals surface area contributed by atoms with Crippen LogP contribution in [-0.4, -0.2) is 46.7 Å². The normalized spacial score (nSPS) is 13.7. The number of likely N-dealkylation sites (tertiary alicyclic amines) is 1. The maximum Gasteiger partial charge on any atom is 0.358 e. The van der Waals surface area contributed by atoms with Gasteiger partial charge in [0.05, 0.1) is 23.7 Å². The minimum absolute atomic E-state index is 0.140. The molecule has 0 spiro atoms. The molecule has 2 heterocycles. The third-order valence-corrected chi connectivity index (χ3v) is 5.37. The average molecular weight is 429 g/mol. The topological polar surface area (TPSA) is 79.4 Å². The van der Waals surface area contributed by atoms with Gasteiger partial charge in [0.25, 0.3) is 0 Å². The second kappa shape index (κ2) is 8.33. The number of carbonyl (C=O) groups excluding carboxylic acids is 2. The first-order chi connectivity index (χ1) is 12.9. The molecule has 2 aromatic rings. The van der Waals surface area contributed by atoms with Gasteiger partial charge in [0.1, 0.15) is 5.82 Å². The number of ether oxygens (including phenoxy) is 1. The molecule has 1 saturated heterocycles. The Kier molecular flexibility index (Phi) is 6.08. The summed E-state index contributed by atoms with van der Waals surface area (Å²) >= 11 is 17.4. The van der Waals surface area contributed by atoms with Crippen LogP contribution in [0, 0.1) is 4.77 Å². The number of hydrogen-bond acceptors (Lipinski definition) is 4. The third kappa shape index (κ3) is 4.28. The van der Waals surface area contributed by atoms with E-state index >= 15 is 0 Å². The van der Waals surface area contributed by atoms with E-state index in [-0.39, 0.29) is 28.9 Å². The Labute approximate surface area is 171 Å². The number of aromatic amines is 1. The summed E-state index contributed by atoms with van der Waals surface area (Å²) in [5, 5.41) is 3.57. The SMILES string of the molecule is COC(=O)c1c(NC(=O)N2CCCC2)[nH]c(=S)n1Cc1ccc(Cl)c(Cl)c1. The summed E-state index contributed by atoms with van der Waals surface area (Å²) in [4.78, 5) is 29.3. The van der Waals surface area contributed by atoms with Gasteiger partial charge in [-0.25, -0.2) is 9.59 Å². The second-order valence-electron chi connectivity index (χ2n) is 6.10. The van der Waals surface area contributed by atoms with E-state index in [1.54, 1.807) is 27.7 Å². The van der Waals surface area contributed by atoms with Gasteiger partial charge in [0, 0.05) is 13.1 Å². The summed E-state index contributed by atoms with van der Waals surface area (Å²) < 4.78 is 6.71. The minimum atomic E-state index is -0.612. The van der Waals surface area contributed by atoms with Gasteiger partial charge in [-0.05, 0) is 42.8 Å². The zero-order valence-corrected chi connectivity index (χ0v) is 16.9. The molecular weight excluding hydrogens is 411 g/mol. The summed E-state index contributed by atoms with van der Waals surface area (Å²) in [6, 6.07) is 4.87. The van der Waals surface area contributed by atoms with Crippen LogP contribution in [-0.2, 0) is 11.3 Å². The van der Waals surface area contributed by atoms with Gasteiger partial charge in [-0.2, -0.15) is 0 Å². The van der Waals surface area contributed by atoms with Crippen molar-refractivity contribution in [3.8, 4) is 0 Å². The van der Waals surface area contributed by atoms with Gasteiger partial charge >= 0.3 is 12.0 Å². The summed E-state index contributed by atoms with van der Waals surface area (Å²) in [5.41, 5.74) is 0.934. The van der Waals surface area contributed by atoms with E-state index in [0.29, 0.717) is 23.1 Å². The highest BCUT2D eigenvalue weighted by atomic mass is 35.5. The van der Waals surface area contributed by atoms with Crippen molar-refractivity contribution in [2.75, 3.05) is 25.5 Å². The Bertz CT molecular complexity index is 935. The highest BCUT2D eigenvalue weighted by Crippen LogP contribution is 2.25. The monoisotopic (exact) mass is 428 g/mol. The largest absolute Gasteiger partial charge is 0.464 e. The number of halogens is 2. The number of imidazole rings is 1. The van der Waals surface area contributed by atoms with Crippen molar-refractivity contribution < 1.29 is 14.3 Å². The Morgan fingerprint density at radius 1 is 1.26 bits per heavy atom. The number of anilines is 1. The molecule has 1 aromatic carbocycles. The lowest BCUT2D eigenvalue weighted by Crippen LogP contribution is -2.33. The highest BCUT2D eigenvalue weighted by Gasteiger charge is 2.25. The molecule has 144 valence electrons. The number of carbonyl (C=O) groups is 2. The van der Waals surface area contributed by atoms with Gasteiger partial charge in [-0.1, -0.05) is 29.3 Å². The standard InChI is InChI=1S/C17H18Cl2N4O3S/c1-26-15(24)13-14(20-16(25)22-6-2-3-7-22)21-17(27)23(13)9-10-4-5-11(18)12(19)8-10/h4-5,8H,2-3,6-7,9H2,1H3,(H,20,25)(H,21,27). The molecule has 0 aliphatic carbocycles. The molecule has 27 heavy (non-hydrogen) atoms. The zero-order valence-electron chi connectivity index (χ0n) is 14.6. The van der Waals surface area contributed by atoms with Crippen molar-refractivity contribution in [1.29, 1.82) is 0 Å². The molecule has 0 bridgehead atoms. The molecule has 10 heteroatoms. The molecular formula is C17H18Cl2N4O3S. The third-order valence-electron chi connectivity index (χ3n) is 4.31.